The lowest BCUT2D eigenvalue weighted by molar-refractivity contribution is -0.137. The van der Waals surface area contributed by atoms with Crippen LogP contribution in [0.1, 0.15) is 35.4 Å². The first kappa shape index (κ1) is 23.6. The SMILES string of the molecule is Cc1noc(/C=C\c2ccc(S(=O)(=O)Nc3cccc(C(F)(F)F)c3)cc2)c1NC(=O)C1CC1. The first-order valence-electron chi connectivity index (χ1n) is 10.3. The second kappa shape index (κ2) is 8.98. The summed E-state index contributed by atoms with van der Waals surface area (Å²) in [5.41, 5.74) is 0.503. The van der Waals surface area contributed by atoms with E-state index in [9.17, 15) is 26.4 Å². The Balaban J connectivity index is 1.47. The van der Waals surface area contributed by atoms with Gasteiger partial charge in [-0.25, -0.2) is 8.42 Å². The van der Waals surface area contributed by atoms with E-state index in [0.717, 1.165) is 31.0 Å². The van der Waals surface area contributed by atoms with Gasteiger partial charge in [-0.05, 0) is 61.7 Å². The number of halogens is 3. The lowest BCUT2D eigenvalue weighted by Gasteiger charge is -2.11. The molecule has 0 aliphatic heterocycles. The molecule has 3 aromatic rings. The second-order valence-electron chi connectivity index (χ2n) is 7.86. The monoisotopic (exact) mass is 491 g/mol. The van der Waals surface area contributed by atoms with Gasteiger partial charge in [0, 0.05) is 11.6 Å². The predicted octanol–water partition coefficient (Wildman–Crippen LogP) is 5.32. The molecule has 0 bridgehead atoms. The number of anilines is 2. The highest BCUT2D eigenvalue weighted by Crippen LogP contribution is 2.32. The number of amides is 1. The summed E-state index contributed by atoms with van der Waals surface area (Å²) in [7, 11) is -4.10. The maximum Gasteiger partial charge on any atom is 0.416 e. The quantitative estimate of drug-likeness (QED) is 0.466. The number of nitrogens with one attached hydrogen (secondary N) is 2. The van der Waals surface area contributed by atoms with E-state index in [1.807, 2.05) is 0 Å². The fraction of sp³-hybridized carbons (Fsp3) is 0.217. The summed E-state index contributed by atoms with van der Waals surface area (Å²) in [5.74, 6) is 0.295. The molecule has 34 heavy (non-hydrogen) atoms. The molecule has 2 N–H and O–H groups in total. The molecule has 1 fully saturated rings. The molecule has 11 heteroatoms. The minimum absolute atomic E-state index is 0.0187. The van der Waals surface area contributed by atoms with Crippen LogP contribution in [0.25, 0.3) is 12.2 Å². The van der Waals surface area contributed by atoms with Crippen molar-refractivity contribution >= 4 is 39.5 Å². The molecule has 7 nitrogen and oxygen atoms in total. The fourth-order valence-corrected chi connectivity index (χ4v) is 4.18. The average molecular weight is 491 g/mol. The number of aryl methyl sites for hydroxylation is 1. The molecule has 1 amide bonds. The van der Waals surface area contributed by atoms with Crippen molar-refractivity contribution < 1.29 is 30.9 Å². The van der Waals surface area contributed by atoms with Gasteiger partial charge >= 0.3 is 6.18 Å². The summed E-state index contributed by atoms with van der Waals surface area (Å²) in [6.45, 7) is 1.71. The molecule has 0 radical (unpaired) electrons. The molecule has 1 saturated carbocycles. The average Bonchev–Trinajstić information content (AvgIpc) is 3.58. The van der Waals surface area contributed by atoms with E-state index >= 15 is 0 Å². The largest absolute Gasteiger partial charge is 0.416 e. The standard InChI is InChI=1S/C23H20F3N3O4S/c1-14-21(27-22(30)16-8-9-16)20(33-28-14)12-7-15-5-10-19(11-6-15)34(31,32)29-18-4-2-3-17(13-18)23(24,25)26/h2-7,10-13,16,29H,8-9H2,1H3,(H,27,30)/b12-7-. The van der Waals surface area contributed by atoms with Crippen LogP contribution in [-0.4, -0.2) is 19.5 Å². The van der Waals surface area contributed by atoms with Crippen molar-refractivity contribution in [3.8, 4) is 0 Å². The Morgan fingerprint density at radius 1 is 1.12 bits per heavy atom. The van der Waals surface area contributed by atoms with E-state index < -0.39 is 21.8 Å². The molecule has 1 aliphatic rings. The summed E-state index contributed by atoms with van der Waals surface area (Å²) in [6, 6.07) is 9.68. The highest BCUT2D eigenvalue weighted by Gasteiger charge is 2.31. The number of aromatic nitrogens is 1. The minimum atomic E-state index is -4.59. The van der Waals surface area contributed by atoms with E-state index in [2.05, 4.69) is 15.2 Å². The van der Waals surface area contributed by atoms with E-state index in [1.165, 1.54) is 30.3 Å². The van der Waals surface area contributed by atoms with Crippen LogP contribution in [0.2, 0.25) is 0 Å². The maximum absolute atomic E-state index is 12.9. The number of carbonyl (C=O) groups excluding carboxylic acids is 1. The topological polar surface area (TPSA) is 101 Å². The number of carbonyl (C=O) groups is 1. The van der Waals surface area contributed by atoms with Crippen molar-refractivity contribution in [2.75, 3.05) is 10.0 Å². The number of hydrogen-bond donors (Lipinski definition) is 2. The molecule has 0 spiro atoms. The third-order valence-electron chi connectivity index (χ3n) is 5.15. The molecule has 1 heterocycles. The Morgan fingerprint density at radius 3 is 2.47 bits per heavy atom. The Hall–Kier alpha value is -3.60. The third-order valence-corrected chi connectivity index (χ3v) is 6.54. The predicted molar refractivity (Wildman–Crippen MR) is 120 cm³/mol. The van der Waals surface area contributed by atoms with Crippen LogP contribution in [0.15, 0.2) is 57.9 Å². The van der Waals surface area contributed by atoms with Gasteiger partial charge < -0.3 is 9.84 Å². The van der Waals surface area contributed by atoms with Crippen LogP contribution >= 0.6 is 0 Å². The summed E-state index contributed by atoms with van der Waals surface area (Å²) in [5, 5.41) is 6.69. The van der Waals surface area contributed by atoms with Gasteiger partial charge in [-0.1, -0.05) is 29.4 Å². The van der Waals surface area contributed by atoms with Crippen molar-refractivity contribution in [2.24, 2.45) is 5.92 Å². The highest BCUT2D eigenvalue weighted by molar-refractivity contribution is 7.92. The van der Waals surface area contributed by atoms with E-state index in [1.54, 1.807) is 19.1 Å². The first-order chi connectivity index (χ1) is 16.0. The minimum Gasteiger partial charge on any atom is -0.354 e. The molecule has 4 rings (SSSR count). The summed E-state index contributed by atoms with van der Waals surface area (Å²) in [6.07, 6.45) is 0.396. The van der Waals surface area contributed by atoms with Gasteiger partial charge in [0.2, 0.25) is 5.91 Å². The zero-order valence-corrected chi connectivity index (χ0v) is 18.7. The lowest BCUT2D eigenvalue weighted by Crippen LogP contribution is -2.14. The van der Waals surface area contributed by atoms with Gasteiger partial charge in [-0.15, -0.1) is 0 Å². The number of alkyl halides is 3. The van der Waals surface area contributed by atoms with Crippen LogP contribution in [-0.2, 0) is 21.0 Å². The molecule has 0 unspecified atom stereocenters. The zero-order valence-electron chi connectivity index (χ0n) is 17.9. The van der Waals surface area contributed by atoms with E-state index in [0.29, 0.717) is 22.7 Å². The molecular formula is C23H20F3N3O4S. The van der Waals surface area contributed by atoms with Crippen LogP contribution in [0.5, 0.6) is 0 Å². The van der Waals surface area contributed by atoms with Gasteiger partial charge in [-0.2, -0.15) is 13.2 Å². The molecular weight excluding hydrogens is 471 g/mol. The van der Waals surface area contributed by atoms with Crippen molar-refractivity contribution in [1.29, 1.82) is 0 Å². The summed E-state index contributed by atoms with van der Waals surface area (Å²) < 4.78 is 71.2. The fourth-order valence-electron chi connectivity index (χ4n) is 3.13. The zero-order chi connectivity index (χ0) is 24.5. The highest BCUT2D eigenvalue weighted by atomic mass is 32.2. The van der Waals surface area contributed by atoms with Gasteiger partial charge in [0.25, 0.3) is 10.0 Å². The van der Waals surface area contributed by atoms with Gasteiger partial charge in [0.1, 0.15) is 11.4 Å². The number of benzene rings is 2. The molecule has 0 atom stereocenters. The lowest BCUT2D eigenvalue weighted by atomic mass is 10.2. The van der Waals surface area contributed by atoms with Gasteiger partial charge in [0.15, 0.2) is 5.76 Å². The smallest absolute Gasteiger partial charge is 0.354 e. The molecule has 2 aromatic carbocycles. The van der Waals surface area contributed by atoms with Crippen molar-refractivity contribution in [3.63, 3.8) is 0 Å². The normalized spacial score (nSPS) is 14.4. The Bertz CT molecular complexity index is 1340. The number of sulfonamides is 1. The van der Waals surface area contributed by atoms with Gasteiger partial charge in [0.05, 0.1) is 10.5 Å². The summed E-state index contributed by atoms with van der Waals surface area (Å²) in [4.78, 5) is 11.9. The van der Waals surface area contributed by atoms with E-state index in [4.69, 9.17) is 4.52 Å². The number of rotatable bonds is 7. The van der Waals surface area contributed by atoms with Crippen LogP contribution in [0.3, 0.4) is 0 Å². The van der Waals surface area contributed by atoms with E-state index in [-0.39, 0.29) is 22.4 Å². The second-order valence-corrected chi connectivity index (χ2v) is 9.54. The third kappa shape index (κ3) is 5.48. The number of nitrogens with zero attached hydrogens (tertiary/aromatic N) is 1. The van der Waals surface area contributed by atoms with Crippen LogP contribution in [0, 0.1) is 12.8 Å². The van der Waals surface area contributed by atoms with Crippen LogP contribution in [0.4, 0.5) is 24.5 Å². The molecule has 1 aromatic heterocycles. The van der Waals surface area contributed by atoms with Crippen LogP contribution < -0.4 is 10.0 Å². The summed E-state index contributed by atoms with van der Waals surface area (Å²) >= 11 is 0. The number of hydrogen-bond acceptors (Lipinski definition) is 5. The molecule has 0 saturated heterocycles. The molecule has 178 valence electrons. The first-order valence-corrected chi connectivity index (χ1v) is 11.8. The maximum atomic E-state index is 12.9. The van der Waals surface area contributed by atoms with Crippen molar-refractivity contribution in [3.05, 3.63) is 71.1 Å². The Kier molecular flexibility index (Phi) is 6.22. The van der Waals surface area contributed by atoms with Gasteiger partial charge in [-0.3, -0.25) is 9.52 Å². The van der Waals surface area contributed by atoms with Crippen molar-refractivity contribution in [2.45, 2.75) is 30.8 Å². The van der Waals surface area contributed by atoms with Crippen molar-refractivity contribution in [1.82, 2.24) is 5.16 Å². The molecule has 1 aliphatic carbocycles. The Labute approximate surface area is 193 Å². The Morgan fingerprint density at radius 2 is 1.82 bits per heavy atom.